The monoisotopic (exact) mass is 479 g/mol. The standard InChI is InChI=1S/C24H25N5O2S2/c1-5-26-19-10-9-16(13-25)11-20(19)27-24-29(3)23(30)22(33-24)14-28(2)21(15-32)17-7-6-8-18(12-17)31-4/h6-12,14-15,26,32H,5H2,1-4H3/b21-15-,22-14+,27-24?. The van der Waals surface area contributed by atoms with Crippen molar-refractivity contribution in [3.63, 3.8) is 0 Å². The van der Waals surface area contributed by atoms with Crippen LogP contribution in [-0.2, 0) is 4.79 Å². The van der Waals surface area contributed by atoms with Crippen LogP contribution < -0.4 is 10.1 Å². The number of nitrogens with zero attached hydrogens (tertiary/aromatic N) is 4. The third kappa shape index (κ3) is 5.53. The van der Waals surface area contributed by atoms with Crippen molar-refractivity contribution in [2.45, 2.75) is 6.92 Å². The van der Waals surface area contributed by atoms with E-state index in [4.69, 9.17) is 4.74 Å². The molecule has 0 atom stereocenters. The first-order valence-electron chi connectivity index (χ1n) is 10.2. The molecule has 2 aromatic rings. The SMILES string of the molecule is CCNc1ccc(C#N)cc1N=C1S/C(=C/N(C)/C(=C\S)c2cccc(OC)c2)C(=O)N1C. The molecule has 0 spiro atoms. The van der Waals surface area contributed by atoms with Gasteiger partial charge in [-0.25, -0.2) is 4.99 Å². The van der Waals surface area contributed by atoms with Crippen LogP contribution in [0.25, 0.3) is 5.70 Å². The highest BCUT2D eigenvalue weighted by Gasteiger charge is 2.31. The summed E-state index contributed by atoms with van der Waals surface area (Å²) in [6.07, 6.45) is 1.77. The fourth-order valence-corrected chi connectivity index (χ4v) is 4.50. The van der Waals surface area contributed by atoms with Crippen LogP contribution in [0.1, 0.15) is 18.1 Å². The molecule has 1 aliphatic rings. The van der Waals surface area contributed by atoms with Crippen LogP contribution in [0.15, 0.2) is 64.0 Å². The van der Waals surface area contributed by atoms with Gasteiger partial charge in [0.25, 0.3) is 5.91 Å². The van der Waals surface area contributed by atoms with E-state index in [1.807, 2.05) is 49.2 Å². The second kappa shape index (κ2) is 11.0. The average molecular weight is 480 g/mol. The number of hydrogen-bond acceptors (Lipinski definition) is 8. The van der Waals surface area contributed by atoms with Gasteiger partial charge in [-0.3, -0.25) is 9.69 Å². The van der Waals surface area contributed by atoms with Crippen LogP contribution in [0, 0.1) is 11.3 Å². The summed E-state index contributed by atoms with van der Waals surface area (Å²) >= 11 is 5.65. The lowest BCUT2D eigenvalue weighted by atomic mass is 10.1. The molecule has 0 radical (unpaired) electrons. The number of carbonyl (C=O) groups is 1. The third-order valence-electron chi connectivity index (χ3n) is 4.89. The Balaban J connectivity index is 1.91. The van der Waals surface area contributed by atoms with Gasteiger partial charge in [0.2, 0.25) is 0 Å². The lowest BCUT2D eigenvalue weighted by Crippen LogP contribution is -2.24. The molecule has 7 nitrogen and oxygen atoms in total. The molecule has 0 bridgehead atoms. The van der Waals surface area contributed by atoms with Crippen LogP contribution in [0.4, 0.5) is 11.4 Å². The number of anilines is 1. The molecule has 0 saturated carbocycles. The molecule has 33 heavy (non-hydrogen) atoms. The number of nitrogens with one attached hydrogen (secondary N) is 1. The Bertz CT molecular complexity index is 1180. The molecule has 0 aromatic heterocycles. The Morgan fingerprint density at radius 3 is 2.82 bits per heavy atom. The number of amides is 1. The third-order valence-corrected chi connectivity index (χ3v) is 6.18. The Morgan fingerprint density at radius 2 is 2.15 bits per heavy atom. The Labute approximate surface area is 203 Å². The van der Waals surface area contributed by atoms with Crippen molar-refractivity contribution >= 4 is 52.5 Å². The minimum Gasteiger partial charge on any atom is -0.497 e. The predicted molar refractivity (Wildman–Crippen MR) is 139 cm³/mol. The van der Waals surface area contributed by atoms with E-state index in [0.717, 1.165) is 22.7 Å². The zero-order chi connectivity index (χ0) is 24.0. The van der Waals surface area contributed by atoms with Gasteiger partial charge in [-0.1, -0.05) is 12.1 Å². The maximum atomic E-state index is 12.9. The minimum absolute atomic E-state index is 0.156. The summed E-state index contributed by atoms with van der Waals surface area (Å²) in [6.45, 7) is 2.70. The number of ether oxygens (including phenoxy) is 1. The molecule has 0 aliphatic carbocycles. The van der Waals surface area contributed by atoms with Gasteiger partial charge in [0, 0.05) is 32.4 Å². The maximum absolute atomic E-state index is 12.9. The van der Waals surface area contributed by atoms with Gasteiger partial charge in [0.05, 0.1) is 40.7 Å². The molecule has 1 saturated heterocycles. The lowest BCUT2D eigenvalue weighted by Gasteiger charge is -2.19. The smallest absolute Gasteiger partial charge is 0.267 e. The van der Waals surface area contributed by atoms with Crippen molar-refractivity contribution in [3.8, 4) is 11.8 Å². The number of carbonyl (C=O) groups excluding carboxylic acids is 1. The van der Waals surface area contributed by atoms with Crippen molar-refractivity contribution in [3.05, 3.63) is 70.1 Å². The van der Waals surface area contributed by atoms with Gasteiger partial charge in [0.15, 0.2) is 5.17 Å². The van der Waals surface area contributed by atoms with Crippen LogP contribution in [0.3, 0.4) is 0 Å². The maximum Gasteiger partial charge on any atom is 0.267 e. The van der Waals surface area contributed by atoms with E-state index in [1.54, 1.807) is 37.9 Å². The molecule has 1 amide bonds. The number of nitriles is 1. The number of rotatable bonds is 7. The molecule has 2 aromatic carbocycles. The number of thiol groups is 1. The number of likely N-dealkylation sites (N-methyl/N-ethyl adjacent to an activating group) is 1. The normalized spacial score (nSPS) is 16.3. The highest BCUT2D eigenvalue weighted by atomic mass is 32.2. The zero-order valence-corrected chi connectivity index (χ0v) is 20.6. The van der Waals surface area contributed by atoms with Crippen molar-refractivity contribution in [2.75, 3.05) is 33.1 Å². The summed E-state index contributed by atoms with van der Waals surface area (Å²) in [5.41, 5.74) is 3.64. The quantitative estimate of drug-likeness (QED) is 0.435. The van der Waals surface area contributed by atoms with E-state index < -0.39 is 0 Å². The van der Waals surface area contributed by atoms with Crippen LogP contribution in [0.2, 0.25) is 0 Å². The number of aliphatic imine (C=N–C) groups is 1. The summed E-state index contributed by atoms with van der Waals surface area (Å²) in [6, 6.07) is 15.0. The Morgan fingerprint density at radius 1 is 1.36 bits per heavy atom. The molecule has 0 unspecified atom stereocenters. The molecule has 1 heterocycles. The summed E-state index contributed by atoms with van der Waals surface area (Å²) < 4.78 is 5.32. The first-order chi connectivity index (χ1) is 15.9. The van der Waals surface area contributed by atoms with Crippen molar-refractivity contribution in [2.24, 2.45) is 4.99 Å². The molecular weight excluding hydrogens is 454 g/mol. The first-order valence-corrected chi connectivity index (χ1v) is 11.5. The lowest BCUT2D eigenvalue weighted by molar-refractivity contribution is -0.121. The van der Waals surface area contributed by atoms with Gasteiger partial charge >= 0.3 is 0 Å². The van der Waals surface area contributed by atoms with E-state index in [0.29, 0.717) is 27.9 Å². The van der Waals surface area contributed by atoms with E-state index in [1.165, 1.54) is 16.7 Å². The summed E-state index contributed by atoms with van der Waals surface area (Å²) in [7, 11) is 5.16. The molecule has 170 valence electrons. The molecule has 9 heteroatoms. The molecule has 1 fully saturated rings. The van der Waals surface area contributed by atoms with Crippen molar-refractivity contribution < 1.29 is 9.53 Å². The fourth-order valence-electron chi connectivity index (χ4n) is 3.18. The van der Waals surface area contributed by atoms with E-state index in [9.17, 15) is 10.1 Å². The van der Waals surface area contributed by atoms with E-state index >= 15 is 0 Å². The first kappa shape index (κ1) is 24.3. The number of thioether (sulfide) groups is 1. The molecule has 1 aliphatic heterocycles. The van der Waals surface area contributed by atoms with Gasteiger partial charge < -0.3 is 15.0 Å². The van der Waals surface area contributed by atoms with Crippen LogP contribution in [0.5, 0.6) is 5.75 Å². The van der Waals surface area contributed by atoms with Crippen molar-refractivity contribution in [1.82, 2.24) is 9.80 Å². The molecule has 1 N–H and O–H groups in total. The number of amidine groups is 1. The number of methoxy groups -OCH3 is 1. The predicted octanol–water partition coefficient (Wildman–Crippen LogP) is 4.89. The van der Waals surface area contributed by atoms with Crippen LogP contribution in [-0.4, -0.2) is 48.6 Å². The van der Waals surface area contributed by atoms with E-state index in [2.05, 4.69) is 29.0 Å². The Kier molecular flexibility index (Phi) is 8.09. The minimum atomic E-state index is -0.156. The molecule has 3 rings (SSSR count). The highest BCUT2D eigenvalue weighted by molar-refractivity contribution is 8.18. The average Bonchev–Trinajstić information content (AvgIpc) is 3.08. The Hall–Kier alpha value is -3.35. The van der Waals surface area contributed by atoms with Gasteiger partial charge in [-0.2, -0.15) is 5.26 Å². The molecular formula is C24H25N5O2S2. The second-order valence-electron chi connectivity index (χ2n) is 7.09. The topological polar surface area (TPSA) is 81.0 Å². The second-order valence-corrected chi connectivity index (χ2v) is 8.35. The summed E-state index contributed by atoms with van der Waals surface area (Å²) in [5.74, 6) is 0.578. The largest absolute Gasteiger partial charge is 0.497 e. The van der Waals surface area contributed by atoms with Gasteiger partial charge in [-0.05, 0) is 54.4 Å². The fraction of sp³-hybridized carbons (Fsp3) is 0.208. The van der Waals surface area contributed by atoms with Crippen molar-refractivity contribution in [1.29, 1.82) is 5.26 Å². The van der Waals surface area contributed by atoms with Gasteiger partial charge in [-0.15, -0.1) is 12.6 Å². The number of hydrogen-bond donors (Lipinski definition) is 2. The highest BCUT2D eigenvalue weighted by Crippen LogP contribution is 2.35. The number of benzene rings is 2. The van der Waals surface area contributed by atoms with Crippen LogP contribution >= 0.6 is 24.4 Å². The summed E-state index contributed by atoms with van der Waals surface area (Å²) in [4.78, 5) is 21.5. The summed E-state index contributed by atoms with van der Waals surface area (Å²) in [5, 5.41) is 14.7. The zero-order valence-electron chi connectivity index (χ0n) is 18.9. The van der Waals surface area contributed by atoms with E-state index in [-0.39, 0.29) is 5.91 Å². The van der Waals surface area contributed by atoms with Gasteiger partial charge in [0.1, 0.15) is 5.75 Å².